The van der Waals surface area contributed by atoms with Gasteiger partial charge < -0.3 is 0 Å². The molecule has 1 amide bonds. The molecule has 2 aromatic carbocycles. The van der Waals surface area contributed by atoms with E-state index < -0.39 is 21.9 Å². The Kier molecular flexibility index (Phi) is 4.24. The molecule has 0 atom stereocenters. The predicted octanol–water partition coefficient (Wildman–Crippen LogP) is 2.12. The number of carbonyl (C=O) groups excluding carboxylic acids is 1. The van der Waals surface area contributed by atoms with E-state index in [9.17, 15) is 24.5 Å². The van der Waals surface area contributed by atoms with Crippen molar-refractivity contribution in [3.63, 3.8) is 0 Å². The van der Waals surface area contributed by atoms with Crippen molar-refractivity contribution in [2.24, 2.45) is 4.99 Å². The van der Waals surface area contributed by atoms with Gasteiger partial charge in [0.15, 0.2) is 5.17 Å². The van der Waals surface area contributed by atoms with Gasteiger partial charge >= 0.3 is 0 Å². The summed E-state index contributed by atoms with van der Waals surface area (Å²) in [6.45, 7) is 0. The molecule has 0 fully saturated rings. The lowest BCUT2D eigenvalue weighted by atomic mass is 10.1. The average molecular weight is 394 g/mol. The largest absolute Gasteiger partial charge is 0.286 e. The molecule has 1 aliphatic rings. The first-order chi connectivity index (χ1) is 13.5. The number of H-pyrrole nitrogens is 1. The highest BCUT2D eigenvalue weighted by Gasteiger charge is 2.26. The van der Waals surface area contributed by atoms with Crippen LogP contribution in [-0.4, -0.2) is 25.8 Å². The van der Waals surface area contributed by atoms with Crippen LogP contribution in [0.25, 0.3) is 16.8 Å². The number of benzene rings is 2. The molecule has 3 aromatic rings. The molecule has 1 aliphatic heterocycles. The molecule has 2 heterocycles. The van der Waals surface area contributed by atoms with Gasteiger partial charge in [0.05, 0.1) is 26.2 Å². The zero-order valence-corrected chi connectivity index (χ0v) is 14.8. The summed E-state index contributed by atoms with van der Waals surface area (Å²) in [7, 11) is 0. The Hall–Kier alpha value is -3.79. The molecule has 9 nitrogen and oxygen atoms in total. The summed E-state index contributed by atoms with van der Waals surface area (Å²) in [5.41, 5.74) is -0.949. The molecular formula is C18H10N4O5S. The zero-order chi connectivity index (χ0) is 19.8. The van der Waals surface area contributed by atoms with E-state index in [-0.39, 0.29) is 32.1 Å². The third kappa shape index (κ3) is 2.95. The smallest absolute Gasteiger partial charge is 0.267 e. The van der Waals surface area contributed by atoms with Crippen molar-refractivity contribution in [3.05, 3.63) is 89.8 Å². The van der Waals surface area contributed by atoms with E-state index in [0.717, 1.165) is 16.4 Å². The fourth-order valence-electron chi connectivity index (χ4n) is 2.75. The molecule has 0 bridgehead atoms. The molecule has 0 unspecified atom stereocenters. The lowest BCUT2D eigenvalue weighted by Gasteiger charge is -2.05. The fourth-order valence-corrected chi connectivity index (χ4v) is 3.61. The number of nitro groups is 1. The van der Waals surface area contributed by atoms with Crippen LogP contribution in [0, 0.1) is 10.1 Å². The van der Waals surface area contributed by atoms with Crippen molar-refractivity contribution in [2.45, 2.75) is 0 Å². The van der Waals surface area contributed by atoms with Gasteiger partial charge in [-0.3, -0.25) is 29.6 Å². The molecule has 0 saturated carbocycles. The summed E-state index contributed by atoms with van der Waals surface area (Å²) in [5.74, 6) is -0.654. The van der Waals surface area contributed by atoms with E-state index >= 15 is 0 Å². The summed E-state index contributed by atoms with van der Waals surface area (Å²) >= 11 is 0.850. The molecule has 138 valence electrons. The number of hydrogen-bond acceptors (Lipinski definition) is 6. The van der Waals surface area contributed by atoms with Crippen LogP contribution in [0.5, 0.6) is 0 Å². The minimum atomic E-state index is -0.654. The molecule has 4 rings (SSSR count). The number of aromatic amines is 1. The molecule has 0 radical (unpaired) electrons. The van der Waals surface area contributed by atoms with Crippen molar-refractivity contribution in [3.8, 4) is 0 Å². The molecule has 0 aliphatic carbocycles. The normalized spacial score (nSPS) is 15.2. The van der Waals surface area contributed by atoms with E-state index in [4.69, 9.17) is 0 Å². The van der Waals surface area contributed by atoms with Gasteiger partial charge in [0.1, 0.15) is 0 Å². The summed E-state index contributed by atoms with van der Waals surface area (Å²) in [4.78, 5) is 51.6. The SMILES string of the molecule is O=C1N=C(n2[nH]c(=O)c3ccccc3c2=O)S/C1=C/c1ccccc1[N+](=O)[O-]. The van der Waals surface area contributed by atoms with Crippen molar-refractivity contribution >= 4 is 45.4 Å². The maximum atomic E-state index is 12.7. The van der Waals surface area contributed by atoms with Gasteiger partial charge in [0.2, 0.25) is 0 Å². The molecule has 28 heavy (non-hydrogen) atoms. The van der Waals surface area contributed by atoms with Gasteiger partial charge in [0, 0.05) is 6.07 Å². The van der Waals surface area contributed by atoms with Gasteiger partial charge in [-0.2, -0.15) is 9.67 Å². The van der Waals surface area contributed by atoms with Crippen molar-refractivity contribution in [1.82, 2.24) is 9.78 Å². The zero-order valence-electron chi connectivity index (χ0n) is 14.0. The Bertz CT molecular complexity index is 1340. The number of fused-ring (bicyclic) bond motifs is 1. The van der Waals surface area contributed by atoms with Crippen LogP contribution in [0.3, 0.4) is 0 Å². The number of thioether (sulfide) groups is 1. The first-order valence-electron chi connectivity index (χ1n) is 7.96. The lowest BCUT2D eigenvalue weighted by molar-refractivity contribution is -0.385. The number of nitrogens with zero attached hydrogens (tertiary/aromatic N) is 3. The number of rotatable bonds is 2. The Morgan fingerprint density at radius 2 is 1.71 bits per heavy atom. The third-order valence-corrected chi connectivity index (χ3v) is 5.01. The van der Waals surface area contributed by atoms with Gasteiger partial charge in [-0.25, -0.2) is 0 Å². The topological polar surface area (TPSA) is 127 Å². The standard InChI is InChI=1S/C18H10N4O5S/c23-15-11-6-2-3-7-12(11)17(25)21(20-15)18-19-16(24)14(28-18)9-10-5-1-4-8-13(10)22(26)27/h1-9H,(H,20,23)/b14-9+. The summed E-state index contributed by atoms with van der Waals surface area (Å²) in [6.07, 6.45) is 1.34. The van der Waals surface area contributed by atoms with E-state index in [1.807, 2.05) is 0 Å². The number of amides is 1. The molecule has 0 spiro atoms. The number of nitro benzene ring substituents is 1. The number of hydrogen-bond donors (Lipinski definition) is 1. The lowest BCUT2D eigenvalue weighted by Crippen LogP contribution is -2.33. The minimum Gasteiger partial charge on any atom is -0.267 e. The second kappa shape index (κ2) is 6.74. The predicted molar refractivity (Wildman–Crippen MR) is 105 cm³/mol. The van der Waals surface area contributed by atoms with Crippen LogP contribution in [-0.2, 0) is 4.79 Å². The monoisotopic (exact) mass is 394 g/mol. The highest BCUT2D eigenvalue weighted by molar-refractivity contribution is 8.18. The highest BCUT2D eigenvalue weighted by Crippen LogP contribution is 2.31. The van der Waals surface area contributed by atoms with Gasteiger partial charge in [-0.15, -0.1) is 0 Å². The molecule has 1 N–H and O–H groups in total. The summed E-state index contributed by atoms with van der Waals surface area (Å²) in [6, 6.07) is 12.2. The Labute approximate surface area is 160 Å². The molecular weight excluding hydrogens is 384 g/mol. The summed E-state index contributed by atoms with van der Waals surface area (Å²) in [5, 5.41) is 13.9. The number of nitrogens with one attached hydrogen (secondary N) is 1. The third-order valence-electron chi connectivity index (χ3n) is 4.04. The van der Waals surface area contributed by atoms with Crippen molar-refractivity contribution in [1.29, 1.82) is 0 Å². The Morgan fingerprint density at radius 1 is 1.04 bits per heavy atom. The Balaban J connectivity index is 1.77. The average Bonchev–Trinajstić information content (AvgIpc) is 3.05. The van der Waals surface area contributed by atoms with Crippen LogP contribution in [0.2, 0.25) is 0 Å². The quantitative estimate of drug-likeness (QED) is 0.403. The molecule has 1 aromatic heterocycles. The van der Waals surface area contributed by atoms with Crippen molar-refractivity contribution < 1.29 is 9.72 Å². The van der Waals surface area contributed by atoms with Crippen LogP contribution >= 0.6 is 11.8 Å². The number of para-hydroxylation sites is 1. The number of aliphatic imine (C=N–C) groups is 1. The first kappa shape index (κ1) is 17.6. The maximum absolute atomic E-state index is 12.7. The van der Waals surface area contributed by atoms with Gasteiger partial charge in [-0.1, -0.05) is 24.3 Å². The summed E-state index contributed by atoms with van der Waals surface area (Å²) < 4.78 is 0.910. The van der Waals surface area contributed by atoms with Crippen LogP contribution in [0.4, 0.5) is 5.69 Å². The Morgan fingerprint density at radius 3 is 2.46 bits per heavy atom. The number of carbonyl (C=O) groups is 1. The van der Waals surface area contributed by atoms with E-state index in [2.05, 4.69) is 10.1 Å². The maximum Gasteiger partial charge on any atom is 0.286 e. The second-order valence-electron chi connectivity index (χ2n) is 5.75. The van der Waals surface area contributed by atoms with Gasteiger partial charge in [-0.05, 0) is 36.0 Å². The van der Waals surface area contributed by atoms with E-state index in [1.165, 1.54) is 36.4 Å². The second-order valence-corrected chi connectivity index (χ2v) is 6.76. The van der Waals surface area contributed by atoms with Crippen LogP contribution < -0.4 is 11.1 Å². The van der Waals surface area contributed by atoms with E-state index in [0.29, 0.717) is 0 Å². The van der Waals surface area contributed by atoms with Crippen molar-refractivity contribution in [2.75, 3.05) is 0 Å². The fraction of sp³-hybridized carbons (Fsp3) is 0. The molecule has 10 heteroatoms. The van der Waals surface area contributed by atoms with Gasteiger partial charge in [0.25, 0.3) is 22.7 Å². The van der Waals surface area contributed by atoms with Crippen LogP contribution in [0.1, 0.15) is 5.56 Å². The minimum absolute atomic E-state index is 0.0253. The first-order valence-corrected chi connectivity index (χ1v) is 8.78. The molecule has 0 saturated heterocycles. The highest BCUT2D eigenvalue weighted by atomic mass is 32.2. The van der Waals surface area contributed by atoms with E-state index in [1.54, 1.807) is 18.2 Å². The number of aromatic nitrogens is 2. The van der Waals surface area contributed by atoms with Crippen LogP contribution in [0.15, 0.2) is 68.0 Å².